The Kier molecular flexibility index (Phi) is 7.33. The third-order valence-corrected chi connectivity index (χ3v) is 6.22. The van der Waals surface area contributed by atoms with E-state index >= 15 is 0 Å². The minimum Gasteiger partial charge on any atom is -0.489 e. The number of furan rings is 1. The van der Waals surface area contributed by atoms with Gasteiger partial charge in [-0.1, -0.05) is 66.7 Å². The highest BCUT2D eigenvalue weighted by molar-refractivity contribution is 5.95. The molecule has 0 saturated carbocycles. The molecule has 186 valence electrons. The highest BCUT2D eigenvalue weighted by Crippen LogP contribution is 2.36. The average molecular weight is 492 g/mol. The molecule has 0 bridgehead atoms. The third kappa shape index (κ3) is 5.57. The van der Waals surface area contributed by atoms with E-state index in [1.54, 1.807) is 6.92 Å². The molecule has 0 spiro atoms. The summed E-state index contributed by atoms with van der Waals surface area (Å²) in [5.74, 6) is 1.21. The quantitative estimate of drug-likeness (QED) is 0.227. The van der Waals surface area contributed by atoms with Gasteiger partial charge in [-0.05, 0) is 53.9 Å². The summed E-state index contributed by atoms with van der Waals surface area (Å²) in [6.07, 6.45) is 0.169. The van der Waals surface area contributed by atoms with Gasteiger partial charge in [-0.15, -0.1) is 0 Å². The van der Waals surface area contributed by atoms with Gasteiger partial charge in [0.15, 0.2) is 0 Å². The Balaban J connectivity index is 1.52. The maximum atomic E-state index is 12.1. The number of hydrogen-bond donors (Lipinski definition) is 1. The predicted molar refractivity (Wildman–Crippen MR) is 146 cm³/mol. The van der Waals surface area contributed by atoms with Gasteiger partial charge in [0, 0.05) is 28.6 Å². The molecule has 0 unspecified atom stereocenters. The van der Waals surface area contributed by atoms with Gasteiger partial charge in [0.1, 0.15) is 23.7 Å². The molecule has 5 rings (SSSR count). The summed E-state index contributed by atoms with van der Waals surface area (Å²) >= 11 is 0. The lowest BCUT2D eigenvalue weighted by molar-refractivity contribution is -0.142. The molecule has 4 aromatic carbocycles. The van der Waals surface area contributed by atoms with E-state index in [9.17, 15) is 4.79 Å². The van der Waals surface area contributed by atoms with Crippen LogP contribution in [0.25, 0.3) is 33.4 Å². The van der Waals surface area contributed by atoms with Crippen molar-refractivity contribution in [3.63, 3.8) is 0 Å². The molecule has 5 nitrogen and oxygen atoms in total. The first-order valence-corrected chi connectivity index (χ1v) is 12.4. The maximum absolute atomic E-state index is 12.1. The van der Waals surface area contributed by atoms with Gasteiger partial charge in [0.05, 0.1) is 13.0 Å². The molecule has 0 atom stereocenters. The molecular weight excluding hydrogens is 462 g/mol. The van der Waals surface area contributed by atoms with Crippen LogP contribution in [0.5, 0.6) is 5.75 Å². The number of benzene rings is 4. The van der Waals surface area contributed by atoms with E-state index in [1.807, 2.05) is 66.7 Å². The standard InChI is InChI=1S/C32H29NO4/c1-2-35-31(34)19-26-12-6-7-14-29(26)36-21-23-16-27-18-30(24-10-4-3-5-11-24)37-32(27)28(17-23)25-13-8-9-22(15-25)20-33/h3-18H,2,19-21,33H2,1H3. The molecule has 1 aromatic heterocycles. The molecule has 0 aliphatic rings. The molecule has 5 heteroatoms. The van der Waals surface area contributed by atoms with Gasteiger partial charge in [0.25, 0.3) is 0 Å². The number of esters is 1. The molecule has 0 radical (unpaired) electrons. The topological polar surface area (TPSA) is 74.7 Å². The van der Waals surface area contributed by atoms with E-state index < -0.39 is 0 Å². The molecule has 0 amide bonds. The molecule has 37 heavy (non-hydrogen) atoms. The SMILES string of the molecule is CCOC(=O)Cc1ccccc1OCc1cc(-c2cccc(CN)c2)c2oc(-c3ccccc3)cc2c1. The van der Waals surface area contributed by atoms with Crippen molar-refractivity contribution in [1.82, 2.24) is 0 Å². The first-order valence-electron chi connectivity index (χ1n) is 12.4. The molecule has 0 fully saturated rings. The summed E-state index contributed by atoms with van der Waals surface area (Å²) in [7, 11) is 0. The highest BCUT2D eigenvalue weighted by Gasteiger charge is 2.15. The second-order valence-corrected chi connectivity index (χ2v) is 8.82. The molecule has 2 N–H and O–H groups in total. The number of carbonyl (C=O) groups is 1. The van der Waals surface area contributed by atoms with Crippen molar-refractivity contribution in [3.05, 3.63) is 114 Å². The van der Waals surface area contributed by atoms with E-state index in [4.69, 9.17) is 19.6 Å². The summed E-state index contributed by atoms with van der Waals surface area (Å²) in [4.78, 5) is 12.1. The van der Waals surface area contributed by atoms with Crippen LogP contribution < -0.4 is 10.5 Å². The zero-order valence-electron chi connectivity index (χ0n) is 20.8. The maximum Gasteiger partial charge on any atom is 0.310 e. The van der Waals surface area contributed by atoms with Gasteiger partial charge < -0.3 is 19.6 Å². The fourth-order valence-electron chi connectivity index (χ4n) is 4.44. The van der Waals surface area contributed by atoms with E-state index in [1.165, 1.54) is 0 Å². The Labute approximate surface area is 216 Å². The van der Waals surface area contributed by atoms with Crippen molar-refractivity contribution in [1.29, 1.82) is 0 Å². The number of carbonyl (C=O) groups excluding carboxylic acids is 1. The summed E-state index contributed by atoms with van der Waals surface area (Å²) in [6.45, 7) is 2.96. The molecule has 0 aliphatic heterocycles. The average Bonchev–Trinajstić information content (AvgIpc) is 3.37. The number of fused-ring (bicyclic) bond motifs is 1. The number of para-hydroxylation sites is 1. The molecule has 5 aromatic rings. The van der Waals surface area contributed by atoms with Crippen LogP contribution in [-0.2, 0) is 29.1 Å². The molecule has 0 aliphatic carbocycles. The Hall–Kier alpha value is -4.35. The van der Waals surface area contributed by atoms with Crippen LogP contribution in [0.2, 0.25) is 0 Å². The lowest BCUT2D eigenvalue weighted by Gasteiger charge is -2.13. The number of rotatable bonds is 9. The van der Waals surface area contributed by atoms with Crippen molar-refractivity contribution < 1.29 is 18.7 Å². The number of nitrogens with two attached hydrogens (primary N) is 1. The van der Waals surface area contributed by atoms with Crippen LogP contribution in [-0.4, -0.2) is 12.6 Å². The zero-order valence-corrected chi connectivity index (χ0v) is 20.8. The van der Waals surface area contributed by atoms with E-state index in [-0.39, 0.29) is 12.4 Å². The Morgan fingerprint density at radius 3 is 2.43 bits per heavy atom. The number of ether oxygens (including phenoxy) is 2. The lowest BCUT2D eigenvalue weighted by Crippen LogP contribution is -2.09. The largest absolute Gasteiger partial charge is 0.489 e. The third-order valence-electron chi connectivity index (χ3n) is 6.22. The van der Waals surface area contributed by atoms with Crippen LogP contribution in [0.4, 0.5) is 0 Å². The number of hydrogen-bond acceptors (Lipinski definition) is 5. The fraction of sp³-hybridized carbons (Fsp3) is 0.156. The van der Waals surface area contributed by atoms with Crippen molar-refractivity contribution >= 4 is 16.9 Å². The van der Waals surface area contributed by atoms with Gasteiger partial charge in [0.2, 0.25) is 0 Å². The van der Waals surface area contributed by atoms with Crippen LogP contribution in [0.3, 0.4) is 0 Å². The summed E-state index contributed by atoms with van der Waals surface area (Å²) < 4.78 is 17.7. The smallest absolute Gasteiger partial charge is 0.310 e. The van der Waals surface area contributed by atoms with E-state index in [2.05, 4.69) is 30.3 Å². The van der Waals surface area contributed by atoms with Crippen LogP contribution >= 0.6 is 0 Å². The minimum atomic E-state index is -0.270. The van der Waals surface area contributed by atoms with Crippen LogP contribution in [0.15, 0.2) is 101 Å². The van der Waals surface area contributed by atoms with E-state index in [0.717, 1.165) is 50.1 Å². The Morgan fingerprint density at radius 1 is 0.838 bits per heavy atom. The summed E-state index contributed by atoms with van der Waals surface area (Å²) in [6, 6.07) is 32.1. The van der Waals surface area contributed by atoms with Gasteiger partial charge >= 0.3 is 5.97 Å². The summed E-state index contributed by atoms with van der Waals surface area (Å²) in [5.41, 5.74) is 12.6. The normalized spacial score (nSPS) is 11.0. The second kappa shape index (κ2) is 11.1. The lowest BCUT2D eigenvalue weighted by atomic mass is 9.99. The highest BCUT2D eigenvalue weighted by atomic mass is 16.5. The minimum absolute atomic E-state index is 0.169. The second-order valence-electron chi connectivity index (χ2n) is 8.82. The monoisotopic (exact) mass is 491 g/mol. The summed E-state index contributed by atoms with van der Waals surface area (Å²) in [5, 5.41) is 0.993. The first-order chi connectivity index (χ1) is 18.1. The van der Waals surface area contributed by atoms with Crippen molar-refractivity contribution in [3.8, 4) is 28.2 Å². The van der Waals surface area contributed by atoms with Crippen molar-refractivity contribution in [2.45, 2.75) is 26.5 Å². The molecule has 0 saturated heterocycles. The van der Waals surface area contributed by atoms with Gasteiger partial charge in [-0.2, -0.15) is 0 Å². The predicted octanol–water partition coefficient (Wildman–Crippen LogP) is 6.91. The van der Waals surface area contributed by atoms with Crippen LogP contribution in [0.1, 0.15) is 23.6 Å². The Morgan fingerprint density at radius 2 is 1.62 bits per heavy atom. The van der Waals surface area contributed by atoms with E-state index in [0.29, 0.717) is 25.5 Å². The zero-order chi connectivity index (χ0) is 25.6. The Bertz CT molecular complexity index is 1520. The fourth-order valence-corrected chi connectivity index (χ4v) is 4.44. The first kappa shape index (κ1) is 24.3. The van der Waals surface area contributed by atoms with Gasteiger partial charge in [-0.25, -0.2) is 0 Å². The van der Waals surface area contributed by atoms with Gasteiger partial charge in [-0.3, -0.25) is 4.79 Å². The molecule has 1 heterocycles. The van der Waals surface area contributed by atoms with Crippen LogP contribution in [0, 0.1) is 0 Å². The molecular formula is C32H29NO4. The van der Waals surface area contributed by atoms with Crippen molar-refractivity contribution in [2.24, 2.45) is 5.73 Å². The van der Waals surface area contributed by atoms with Crippen molar-refractivity contribution in [2.75, 3.05) is 6.61 Å².